The quantitative estimate of drug-likeness (QED) is 0.626. The summed E-state index contributed by atoms with van der Waals surface area (Å²) in [6.45, 7) is -0.426. The van der Waals surface area contributed by atoms with E-state index in [9.17, 15) is 19.2 Å². The summed E-state index contributed by atoms with van der Waals surface area (Å²) in [4.78, 5) is 48.5. The molecule has 0 bridgehead atoms. The standard InChI is InChI=1S/C18H18N6O4/c1-22-16(19)15(17(27)23(2)18(22)28)20-13(25)10-24-14(26)9-8-12(21-24)11-6-4-3-5-7-11/h3-9H,10,19H2,1-2H3,(H,20,25). The summed E-state index contributed by atoms with van der Waals surface area (Å²) in [7, 11) is 2.65. The fourth-order valence-electron chi connectivity index (χ4n) is 2.62. The molecule has 2 aromatic heterocycles. The zero-order chi connectivity index (χ0) is 20.4. The molecule has 0 unspecified atom stereocenters. The van der Waals surface area contributed by atoms with E-state index in [0.717, 1.165) is 19.4 Å². The summed E-state index contributed by atoms with van der Waals surface area (Å²) in [6.07, 6.45) is 0. The van der Waals surface area contributed by atoms with Crippen molar-refractivity contribution in [3.05, 3.63) is 73.7 Å². The molecule has 0 fully saturated rings. The van der Waals surface area contributed by atoms with E-state index in [0.29, 0.717) is 5.69 Å². The number of benzene rings is 1. The van der Waals surface area contributed by atoms with E-state index in [1.807, 2.05) is 30.3 Å². The fraction of sp³-hybridized carbons (Fsp3) is 0.167. The highest BCUT2D eigenvalue weighted by molar-refractivity contribution is 5.92. The Morgan fingerprint density at radius 1 is 1.04 bits per heavy atom. The van der Waals surface area contributed by atoms with E-state index < -0.39 is 29.3 Å². The van der Waals surface area contributed by atoms with Gasteiger partial charge in [-0.2, -0.15) is 5.10 Å². The van der Waals surface area contributed by atoms with Gasteiger partial charge >= 0.3 is 5.69 Å². The molecule has 3 rings (SSSR count). The Kier molecular flexibility index (Phi) is 4.94. The Labute approximate surface area is 158 Å². The monoisotopic (exact) mass is 382 g/mol. The van der Waals surface area contributed by atoms with Gasteiger partial charge in [-0.25, -0.2) is 9.48 Å². The third kappa shape index (κ3) is 3.47. The molecule has 28 heavy (non-hydrogen) atoms. The predicted octanol–water partition coefficient (Wildman–Crippen LogP) is -0.471. The molecule has 0 aliphatic carbocycles. The molecule has 0 saturated carbocycles. The molecule has 3 aromatic rings. The van der Waals surface area contributed by atoms with Crippen LogP contribution in [0.3, 0.4) is 0 Å². The molecule has 0 aliphatic rings. The van der Waals surface area contributed by atoms with Gasteiger partial charge in [-0.3, -0.25) is 23.5 Å². The van der Waals surface area contributed by atoms with Crippen LogP contribution < -0.4 is 27.9 Å². The maximum Gasteiger partial charge on any atom is 0.332 e. The number of amides is 1. The van der Waals surface area contributed by atoms with Crippen molar-refractivity contribution in [3.8, 4) is 11.3 Å². The summed E-state index contributed by atoms with van der Waals surface area (Å²) < 4.78 is 2.85. The Bertz CT molecular complexity index is 1220. The van der Waals surface area contributed by atoms with E-state index in [1.165, 1.54) is 20.2 Å². The molecular weight excluding hydrogens is 364 g/mol. The van der Waals surface area contributed by atoms with Crippen LogP contribution in [0.15, 0.2) is 56.8 Å². The number of rotatable bonds is 4. The largest absolute Gasteiger partial charge is 0.383 e. The van der Waals surface area contributed by atoms with Gasteiger partial charge in [0.2, 0.25) is 5.91 Å². The minimum atomic E-state index is -0.743. The second-order valence-corrected chi connectivity index (χ2v) is 6.09. The average molecular weight is 382 g/mol. The second kappa shape index (κ2) is 7.35. The lowest BCUT2D eigenvalue weighted by atomic mass is 10.1. The van der Waals surface area contributed by atoms with Crippen molar-refractivity contribution >= 4 is 17.4 Å². The molecule has 1 amide bonds. The second-order valence-electron chi connectivity index (χ2n) is 6.09. The minimum absolute atomic E-state index is 0.181. The Morgan fingerprint density at radius 2 is 1.71 bits per heavy atom. The Balaban J connectivity index is 1.90. The Morgan fingerprint density at radius 3 is 2.39 bits per heavy atom. The van der Waals surface area contributed by atoms with Crippen molar-refractivity contribution in [2.45, 2.75) is 6.54 Å². The van der Waals surface area contributed by atoms with Gasteiger partial charge in [-0.05, 0) is 6.07 Å². The highest BCUT2D eigenvalue weighted by atomic mass is 16.2. The molecule has 0 atom stereocenters. The molecule has 3 N–H and O–H groups in total. The van der Waals surface area contributed by atoms with Crippen LogP contribution >= 0.6 is 0 Å². The number of nitrogens with one attached hydrogen (secondary N) is 1. The van der Waals surface area contributed by atoms with E-state index in [-0.39, 0.29) is 11.5 Å². The number of nitrogen functional groups attached to an aromatic ring is 1. The van der Waals surface area contributed by atoms with Gasteiger partial charge in [0.1, 0.15) is 18.1 Å². The molecule has 10 heteroatoms. The van der Waals surface area contributed by atoms with Crippen molar-refractivity contribution in [1.29, 1.82) is 0 Å². The number of hydrogen-bond donors (Lipinski definition) is 2. The van der Waals surface area contributed by atoms with Crippen molar-refractivity contribution in [2.24, 2.45) is 14.1 Å². The first-order chi connectivity index (χ1) is 13.3. The van der Waals surface area contributed by atoms with Gasteiger partial charge < -0.3 is 11.1 Å². The first-order valence-corrected chi connectivity index (χ1v) is 8.28. The van der Waals surface area contributed by atoms with Gasteiger partial charge in [0, 0.05) is 25.7 Å². The van der Waals surface area contributed by atoms with Gasteiger partial charge in [0.05, 0.1) is 5.69 Å². The van der Waals surface area contributed by atoms with E-state index in [1.54, 1.807) is 6.07 Å². The summed E-state index contributed by atoms with van der Waals surface area (Å²) in [5.41, 5.74) is 5.01. The van der Waals surface area contributed by atoms with Crippen molar-refractivity contribution in [2.75, 3.05) is 11.1 Å². The molecule has 1 aromatic carbocycles. The number of aromatic nitrogens is 4. The lowest BCUT2D eigenvalue weighted by molar-refractivity contribution is -0.117. The summed E-state index contributed by atoms with van der Waals surface area (Å²) >= 11 is 0. The van der Waals surface area contributed by atoms with Crippen molar-refractivity contribution < 1.29 is 4.79 Å². The first-order valence-electron chi connectivity index (χ1n) is 8.28. The van der Waals surface area contributed by atoms with Crippen LogP contribution in [0.2, 0.25) is 0 Å². The molecule has 2 heterocycles. The van der Waals surface area contributed by atoms with E-state index >= 15 is 0 Å². The van der Waals surface area contributed by atoms with Crippen LogP contribution in [-0.2, 0) is 25.4 Å². The van der Waals surface area contributed by atoms with E-state index in [2.05, 4.69) is 10.4 Å². The molecule has 0 spiro atoms. The zero-order valence-corrected chi connectivity index (χ0v) is 15.2. The summed E-state index contributed by atoms with van der Waals surface area (Å²) in [6, 6.07) is 12.0. The number of carbonyl (C=O) groups excluding carboxylic acids is 1. The zero-order valence-electron chi connectivity index (χ0n) is 15.2. The van der Waals surface area contributed by atoms with Gasteiger partial charge in [-0.1, -0.05) is 30.3 Å². The van der Waals surface area contributed by atoms with E-state index in [4.69, 9.17) is 5.73 Å². The number of anilines is 2. The van der Waals surface area contributed by atoms with Crippen LogP contribution in [0.1, 0.15) is 0 Å². The predicted molar refractivity (Wildman–Crippen MR) is 104 cm³/mol. The van der Waals surface area contributed by atoms with Gasteiger partial charge in [-0.15, -0.1) is 0 Å². The molecule has 144 valence electrons. The van der Waals surface area contributed by atoms with Crippen LogP contribution in [-0.4, -0.2) is 24.8 Å². The lowest BCUT2D eigenvalue weighted by Gasteiger charge is -2.13. The molecule has 0 saturated heterocycles. The smallest absolute Gasteiger partial charge is 0.332 e. The summed E-state index contributed by atoms with van der Waals surface area (Å²) in [5, 5.41) is 6.56. The normalized spacial score (nSPS) is 10.6. The molecule has 10 nitrogen and oxygen atoms in total. The fourth-order valence-corrected chi connectivity index (χ4v) is 2.62. The topological polar surface area (TPSA) is 134 Å². The lowest BCUT2D eigenvalue weighted by Crippen LogP contribution is -2.41. The van der Waals surface area contributed by atoms with Crippen molar-refractivity contribution in [1.82, 2.24) is 18.9 Å². The third-order valence-electron chi connectivity index (χ3n) is 4.20. The van der Waals surface area contributed by atoms with Crippen LogP contribution in [0.5, 0.6) is 0 Å². The third-order valence-corrected chi connectivity index (χ3v) is 4.20. The Hall–Kier alpha value is -3.95. The van der Waals surface area contributed by atoms with Crippen LogP contribution in [0.4, 0.5) is 11.5 Å². The number of carbonyl (C=O) groups is 1. The highest BCUT2D eigenvalue weighted by Crippen LogP contribution is 2.14. The van der Waals surface area contributed by atoms with Crippen LogP contribution in [0.25, 0.3) is 11.3 Å². The van der Waals surface area contributed by atoms with Crippen molar-refractivity contribution in [3.63, 3.8) is 0 Å². The average Bonchev–Trinajstić information content (AvgIpc) is 2.70. The SMILES string of the molecule is Cn1c(N)c(NC(=O)Cn2nc(-c3ccccc3)ccc2=O)c(=O)n(C)c1=O. The number of nitrogens with two attached hydrogens (primary N) is 1. The maximum atomic E-state index is 12.4. The highest BCUT2D eigenvalue weighted by Gasteiger charge is 2.16. The van der Waals surface area contributed by atoms with Crippen LogP contribution in [0, 0.1) is 0 Å². The minimum Gasteiger partial charge on any atom is -0.383 e. The summed E-state index contributed by atoms with van der Waals surface area (Å²) in [5.74, 6) is -0.859. The molecule has 0 radical (unpaired) electrons. The van der Waals surface area contributed by atoms with Gasteiger partial charge in [0.25, 0.3) is 11.1 Å². The molecular formula is C18H18N6O4. The maximum absolute atomic E-state index is 12.4. The number of nitrogens with zero attached hydrogens (tertiary/aromatic N) is 4. The van der Waals surface area contributed by atoms with Gasteiger partial charge in [0.15, 0.2) is 0 Å². The molecule has 0 aliphatic heterocycles. The first kappa shape index (κ1) is 18.8. The number of hydrogen-bond acceptors (Lipinski definition) is 6.